The van der Waals surface area contributed by atoms with E-state index in [1.807, 2.05) is 0 Å². The molecule has 0 unspecified atom stereocenters. The fraction of sp³-hybridized carbons (Fsp3) is 0.760. The van der Waals surface area contributed by atoms with E-state index in [9.17, 15) is 13.2 Å². The van der Waals surface area contributed by atoms with Crippen LogP contribution in [0.3, 0.4) is 0 Å². The second kappa shape index (κ2) is 10.7. The molecule has 2 aliphatic rings. The number of benzene rings is 1. The molecule has 28 heavy (non-hydrogen) atoms. The highest BCUT2D eigenvalue weighted by molar-refractivity contribution is 5.19. The van der Waals surface area contributed by atoms with Gasteiger partial charge in [0.25, 0.3) is 0 Å². The predicted octanol–water partition coefficient (Wildman–Crippen LogP) is 8.23. The zero-order valence-corrected chi connectivity index (χ0v) is 17.5. The lowest BCUT2D eigenvalue weighted by atomic mass is 9.68. The Hall–Kier alpha value is -0.990. The van der Waals surface area contributed by atoms with Crippen LogP contribution >= 0.6 is 0 Å². The molecule has 0 amide bonds. The normalized spacial score (nSPS) is 28.4. The third kappa shape index (κ3) is 6.00. The summed E-state index contributed by atoms with van der Waals surface area (Å²) in [5, 5.41) is 0. The molecule has 0 spiro atoms. The Morgan fingerprint density at radius 3 is 1.71 bits per heavy atom. The molecule has 3 rings (SSSR count). The zero-order chi connectivity index (χ0) is 19.9. The van der Waals surface area contributed by atoms with Crippen molar-refractivity contribution in [3.63, 3.8) is 0 Å². The fourth-order valence-electron chi connectivity index (χ4n) is 5.70. The number of hydrogen-bond donors (Lipinski definition) is 0. The van der Waals surface area contributed by atoms with Crippen LogP contribution < -0.4 is 0 Å². The lowest BCUT2D eigenvalue weighted by Crippen LogP contribution is -2.26. The average Bonchev–Trinajstić information content (AvgIpc) is 2.71. The minimum Gasteiger partial charge on any atom is -0.204 e. The van der Waals surface area contributed by atoms with E-state index in [1.54, 1.807) is 0 Å². The molecule has 1 aromatic rings. The van der Waals surface area contributed by atoms with E-state index in [2.05, 4.69) is 6.92 Å². The third-order valence-corrected chi connectivity index (χ3v) is 7.55. The summed E-state index contributed by atoms with van der Waals surface area (Å²) >= 11 is 0. The van der Waals surface area contributed by atoms with Crippen LogP contribution in [-0.4, -0.2) is 0 Å². The van der Waals surface area contributed by atoms with Gasteiger partial charge in [-0.25, -0.2) is 13.2 Å². The first-order valence-electron chi connectivity index (χ1n) is 11.7. The van der Waals surface area contributed by atoms with Gasteiger partial charge in [-0.1, -0.05) is 58.3 Å². The summed E-state index contributed by atoms with van der Waals surface area (Å²) in [5.41, 5.74) is 0.583. The molecule has 3 heteroatoms. The molecule has 0 radical (unpaired) electrons. The minimum absolute atomic E-state index is 0.583. The van der Waals surface area contributed by atoms with E-state index in [4.69, 9.17) is 0 Å². The lowest BCUT2D eigenvalue weighted by molar-refractivity contribution is 0.140. The van der Waals surface area contributed by atoms with Crippen molar-refractivity contribution in [2.75, 3.05) is 0 Å². The van der Waals surface area contributed by atoms with Crippen LogP contribution in [0.1, 0.15) is 96.0 Å². The van der Waals surface area contributed by atoms with Crippen molar-refractivity contribution in [3.05, 3.63) is 35.1 Å². The Kier molecular flexibility index (Phi) is 8.29. The summed E-state index contributed by atoms with van der Waals surface area (Å²) in [6.07, 6.45) is 18.0. The quantitative estimate of drug-likeness (QED) is 0.308. The third-order valence-electron chi connectivity index (χ3n) is 7.55. The molecular formula is C25H37F3. The summed E-state index contributed by atoms with van der Waals surface area (Å²) < 4.78 is 39.8. The van der Waals surface area contributed by atoms with Gasteiger partial charge in [0.05, 0.1) is 0 Å². The number of aryl methyl sites for hydroxylation is 1. The van der Waals surface area contributed by atoms with Crippen molar-refractivity contribution in [1.82, 2.24) is 0 Å². The topological polar surface area (TPSA) is 0 Å². The second-order valence-electron chi connectivity index (χ2n) is 9.47. The SMILES string of the molecule is CCCCC[C@H]1CC[C@H]([C@H]2CC[C@H](CCc3cc(F)c(F)c(F)c3)CC2)CC1. The highest BCUT2D eigenvalue weighted by Crippen LogP contribution is 2.43. The van der Waals surface area contributed by atoms with E-state index in [0.29, 0.717) is 17.9 Å². The first kappa shape index (κ1) is 21.7. The largest absolute Gasteiger partial charge is 0.204 e. The summed E-state index contributed by atoms with van der Waals surface area (Å²) in [6, 6.07) is 2.31. The van der Waals surface area contributed by atoms with Gasteiger partial charge >= 0.3 is 0 Å². The highest BCUT2D eigenvalue weighted by Gasteiger charge is 2.30. The molecule has 0 saturated heterocycles. The Labute approximate surface area is 169 Å². The summed E-state index contributed by atoms with van der Waals surface area (Å²) in [4.78, 5) is 0. The van der Waals surface area contributed by atoms with E-state index in [-0.39, 0.29) is 0 Å². The Morgan fingerprint density at radius 1 is 0.714 bits per heavy atom. The predicted molar refractivity (Wildman–Crippen MR) is 110 cm³/mol. The van der Waals surface area contributed by atoms with Crippen molar-refractivity contribution in [2.45, 2.75) is 96.8 Å². The van der Waals surface area contributed by atoms with Crippen molar-refractivity contribution < 1.29 is 13.2 Å². The molecule has 158 valence electrons. The maximum absolute atomic E-state index is 13.4. The van der Waals surface area contributed by atoms with Gasteiger partial charge < -0.3 is 0 Å². The van der Waals surface area contributed by atoms with E-state index >= 15 is 0 Å². The van der Waals surface area contributed by atoms with E-state index < -0.39 is 17.5 Å². The fourth-order valence-corrected chi connectivity index (χ4v) is 5.70. The molecular weight excluding hydrogens is 357 g/mol. The molecule has 0 atom stereocenters. The number of unbranched alkanes of at least 4 members (excludes halogenated alkanes) is 2. The van der Waals surface area contributed by atoms with E-state index in [1.165, 1.54) is 77.0 Å². The van der Waals surface area contributed by atoms with Crippen LogP contribution in [0.25, 0.3) is 0 Å². The molecule has 2 saturated carbocycles. The van der Waals surface area contributed by atoms with Crippen LogP contribution in [0.4, 0.5) is 13.2 Å². The second-order valence-corrected chi connectivity index (χ2v) is 9.47. The summed E-state index contributed by atoms with van der Waals surface area (Å²) in [7, 11) is 0. The van der Waals surface area contributed by atoms with Crippen molar-refractivity contribution in [2.24, 2.45) is 23.7 Å². The van der Waals surface area contributed by atoms with Gasteiger partial charge in [0.1, 0.15) is 0 Å². The lowest BCUT2D eigenvalue weighted by Gasteiger charge is -2.38. The van der Waals surface area contributed by atoms with Gasteiger partial charge in [-0.2, -0.15) is 0 Å². The number of halogens is 3. The average molecular weight is 395 g/mol. The molecule has 0 bridgehead atoms. The van der Waals surface area contributed by atoms with Crippen LogP contribution in [0.2, 0.25) is 0 Å². The maximum Gasteiger partial charge on any atom is 0.194 e. The van der Waals surface area contributed by atoms with Crippen molar-refractivity contribution in [3.8, 4) is 0 Å². The molecule has 0 aromatic heterocycles. The molecule has 0 heterocycles. The first-order chi connectivity index (χ1) is 13.6. The molecule has 2 aliphatic carbocycles. The van der Waals surface area contributed by atoms with Crippen molar-refractivity contribution in [1.29, 1.82) is 0 Å². The van der Waals surface area contributed by atoms with Gasteiger partial charge in [0.2, 0.25) is 0 Å². The van der Waals surface area contributed by atoms with Crippen molar-refractivity contribution >= 4 is 0 Å². The van der Waals surface area contributed by atoms with Gasteiger partial charge in [-0.15, -0.1) is 0 Å². The molecule has 0 aliphatic heterocycles. The Bertz CT molecular complexity index is 573. The maximum atomic E-state index is 13.4. The minimum atomic E-state index is -1.36. The summed E-state index contributed by atoms with van der Waals surface area (Å²) in [5.74, 6) is -0.0250. The van der Waals surface area contributed by atoms with Gasteiger partial charge in [-0.05, 0) is 79.9 Å². The van der Waals surface area contributed by atoms with Crippen LogP contribution in [0.15, 0.2) is 12.1 Å². The Morgan fingerprint density at radius 2 is 1.21 bits per heavy atom. The first-order valence-corrected chi connectivity index (χ1v) is 11.7. The molecule has 0 nitrogen and oxygen atoms in total. The molecule has 2 fully saturated rings. The zero-order valence-electron chi connectivity index (χ0n) is 17.5. The summed E-state index contributed by atoms with van der Waals surface area (Å²) in [6.45, 7) is 2.28. The van der Waals surface area contributed by atoms with Crippen LogP contribution in [0.5, 0.6) is 0 Å². The Balaban J connectivity index is 1.36. The van der Waals surface area contributed by atoms with Crippen LogP contribution in [-0.2, 0) is 6.42 Å². The highest BCUT2D eigenvalue weighted by atomic mass is 19.2. The van der Waals surface area contributed by atoms with Gasteiger partial charge in [0.15, 0.2) is 17.5 Å². The number of hydrogen-bond acceptors (Lipinski definition) is 0. The van der Waals surface area contributed by atoms with Gasteiger partial charge in [-0.3, -0.25) is 0 Å². The monoisotopic (exact) mass is 394 g/mol. The van der Waals surface area contributed by atoms with E-state index in [0.717, 1.165) is 36.3 Å². The molecule has 0 N–H and O–H groups in total. The number of rotatable bonds is 8. The van der Waals surface area contributed by atoms with Crippen LogP contribution in [0, 0.1) is 41.1 Å². The molecule has 1 aromatic carbocycles. The van der Waals surface area contributed by atoms with Gasteiger partial charge in [0, 0.05) is 0 Å². The smallest absolute Gasteiger partial charge is 0.194 e. The standard InChI is InChI=1S/C25H37F3/c1-2-3-4-5-18-8-12-21(13-9-18)22-14-10-19(11-15-22)6-7-20-16-23(26)25(28)24(27)17-20/h16-19,21-22H,2-15H2,1H3/t18-,19-,21-,22-.